The predicted octanol–water partition coefficient (Wildman–Crippen LogP) is 5.11. The number of anilines is 1. The Bertz CT molecular complexity index is 648. The maximum atomic E-state index is 11.9. The van der Waals surface area contributed by atoms with Crippen molar-refractivity contribution in [2.45, 2.75) is 6.92 Å². The molecule has 20 heavy (non-hydrogen) atoms. The van der Waals surface area contributed by atoms with Crippen LogP contribution in [0.4, 0.5) is 5.69 Å². The maximum absolute atomic E-state index is 11.9. The summed E-state index contributed by atoms with van der Waals surface area (Å²) in [6.07, 6.45) is 3.04. The van der Waals surface area contributed by atoms with E-state index in [1.165, 1.54) is 6.08 Å². The Morgan fingerprint density at radius 3 is 2.50 bits per heavy atom. The summed E-state index contributed by atoms with van der Waals surface area (Å²) in [4.78, 5) is 11.9. The molecule has 0 aliphatic heterocycles. The molecular weight excluding hydrogens is 293 g/mol. The van der Waals surface area contributed by atoms with Crippen LogP contribution in [0.3, 0.4) is 0 Å². The van der Waals surface area contributed by atoms with Crippen molar-refractivity contribution >= 4 is 34.7 Å². The first kappa shape index (κ1) is 14.6. The molecule has 0 spiro atoms. The molecule has 102 valence electrons. The number of ketones is 1. The fourth-order valence-corrected chi connectivity index (χ4v) is 1.97. The van der Waals surface area contributed by atoms with Crippen molar-refractivity contribution < 1.29 is 4.79 Å². The molecule has 2 rings (SSSR count). The first-order valence-electron chi connectivity index (χ1n) is 6.05. The molecule has 0 amide bonds. The molecule has 0 fully saturated rings. The molecule has 0 aromatic heterocycles. The van der Waals surface area contributed by atoms with Crippen LogP contribution in [-0.2, 0) is 0 Å². The van der Waals surface area contributed by atoms with Gasteiger partial charge in [0.15, 0.2) is 5.78 Å². The second-order valence-corrected chi connectivity index (χ2v) is 5.18. The molecule has 0 aliphatic rings. The van der Waals surface area contributed by atoms with Crippen molar-refractivity contribution in [2.75, 3.05) is 5.32 Å². The first-order valence-corrected chi connectivity index (χ1v) is 6.81. The third kappa shape index (κ3) is 3.86. The highest BCUT2D eigenvalue weighted by atomic mass is 35.5. The van der Waals surface area contributed by atoms with Crippen LogP contribution in [0.1, 0.15) is 15.9 Å². The number of hydrogen-bond acceptors (Lipinski definition) is 2. The third-order valence-electron chi connectivity index (χ3n) is 2.72. The van der Waals surface area contributed by atoms with Gasteiger partial charge in [-0.1, -0.05) is 29.3 Å². The summed E-state index contributed by atoms with van der Waals surface area (Å²) in [6.45, 7) is 1.98. The third-order valence-corrected chi connectivity index (χ3v) is 3.31. The SMILES string of the molecule is Cc1ccc(Cl)c(N/C=C\C(=O)c2ccc(Cl)cc2)c1. The van der Waals surface area contributed by atoms with Crippen LogP contribution in [-0.4, -0.2) is 5.78 Å². The Morgan fingerprint density at radius 1 is 1.10 bits per heavy atom. The normalized spacial score (nSPS) is 10.8. The molecular formula is C16H13Cl2NO. The number of rotatable bonds is 4. The zero-order chi connectivity index (χ0) is 14.5. The van der Waals surface area contributed by atoms with Crippen LogP contribution in [0.2, 0.25) is 10.0 Å². The van der Waals surface area contributed by atoms with Crippen molar-refractivity contribution in [3.63, 3.8) is 0 Å². The number of aryl methyl sites for hydroxylation is 1. The molecule has 2 nitrogen and oxygen atoms in total. The number of benzene rings is 2. The Kier molecular flexibility index (Phi) is 4.83. The molecule has 2 aromatic carbocycles. The van der Waals surface area contributed by atoms with E-state index in [1.807, 2.05) is 25.1 Å². The van der Waals surface area contributed by atoms with Crippen LogP contribution in [0.5, 0.6) is 0 Å². The minimum atomic E-state index is -0.0991. The van der Waals surface area contributed by atoms with E-state index in [4.69, 9.17) is 23.2 Å². The van der Waals surface area contributed by atoms with E-state index in [-0.39, 0.29) is 5.78 Å². The fraction of sp³-hybridized carbons (Fsp3) is 0.0625. The topological polar surface area (TPSA) is 29.1 Å². The van der Waals surface area contributed by atoms with Gasteiger partial charge in [-0.15, -0.1) is 0 Å². The summed E-state index contributed by atoms with van der Waals surface area (Å²) in [7, 11) is 0. The van der Waals surface area contributed by atoms with E-state index in [0.29, 0.717) is 15.6 Å². The van der Waals surface area contributed by atoms with Crippen LogP contribution >= 0.6 is 23.2 Å². The Morgan fingerprint density at radius 2 is 1.80 bits per heavy atom. The van der Waals surface area contributed by atoms with Crippen LogP contribution in [0.15, 0.2) is 54.7 Å². The fourth-order valence-electron chi connectivity index (χ4n) is 1.67. The number of hydrogen-bond donors (Lipinski definition) is 1. The second kappa shape index (κ2) is 6.60. The zero-order valence-electron chi connectivity index (χ0n) is 10.9. The highest BCUT2D eigenvalue weighted by molar-refractivity contribution is 6.33. The molecule has 2 aromatic rings. The largest absolute Gasteiger partial charge is 0.360 e. The Labute approximate surface area is 128 Å². The van der Waals surface area contributed by atoms with Crippen molar-refractivity contribution in [1.82, 2.24) is 0 Å². The lowest BCUT2D eigenvalue weighted by Gasteiger charge is -2.04. The molecule has 1 N–H and O–H groups in total. The van der Waals surface area contributed by atoms with Gasteiger partial charge in [0, 0.05) is 22.9 Å². The zero-order valence-corrected chi connectivity index (χ0v) is 12.4. The van der Waals surface area contributed by atoms with Gasteiger partial charge in [-0.2, -0.15) is 0 Å². The Balaban J connectivity index is 2.04. The molecule has 0 saturated carbocycles. The molecule has 0 saturated heterocycles. The summed E-state index contributed by atoms with van der Waals surface area (Å²) in [6, 6.07) is 12.4. The monoisotopic (exact) mass is 305 g/mol. The van der Waals surface area contributed by atoms with E-state index < -0.39 is 0 Å². The highest BCUT2D eigenvalue weighted by Crippen LogP contribution is 2.22. The van der Waals surface area contributed by atoms with Crippen molar-refractivity contribution in [2.24, 2.45) is 0 Å². The van der Waals surface area contributed by atoms with E-state index >= 15 is 0 Å². The van der Waals surface area contributed by atoms with Gasteiger partial charge in [-0.25, -0.2) is 0 Å². The van der Waals surface area contributed by atoms with Gasteiger partial charge in [0.05, 0.1) is 10.7 Å². The predicted molar refractivity (Wildman–Crippen MR) is 84.7 cm³/mol. The van der Waals surface area contributed by atoms with Crippen LogP contribution in [0.25, 0.3) is 0 Å². The average molecular weight is 306 g/mol. The van der Waals surface area contributed by atoms with E-state index in [1.54, 1.807) is 30.5 Å². The quantitative estimate of drug-likeness (QED) is 0.628. The van der Waals surface area contributed by atoms with Crippen LogP contribution in [0, 0.1) is 6.92 Å². The van der Waals surface area contributed by atoms with E-state index in [9.17, 15) is 4.79 Å². The number of allylic oxidation sites excluding steroid dienone is 1. The molecule has 0 aliphatic carbocycles. The van der Waals surface area contributed by atoms with Crippen molar-refractivity contribution in [1.29, 1.82) is 0 Å². The summed E-state index contributed by atoms with van der Waals surface area (Å²) in [5.41, 5.74) is 2.45. The Hall–Kier alpha value is -1.77. The standard InChI is InChI=1S/C16H13Cl2NO/c1-11-2-7-14(18)15(10-11)19-9-8-16(20)12-3-5-13(17)6-4-12/h2-10,19H,1H3/b9-8-. The van der Waals surface area contributed by atoms with Gasteiger partial charge < -0.3 is 5.32 Å². The van der Waals surface area contributed by atoms with Gasteiger partial charge in [-0.05, 0) is 48.9 Å². The lowest BCUT2D eigenvalue weighted by molar-refractivity contribution is 0.104. The molecule has 0 radical (unpaired) electrons. The van der Waals surface area contributed by atoms with Crippen molar-refractivity contribution in [3.8, 4) is 0 Å². The molecule has 4 heteroatoms. The molecule has 0 heterocycles. The minimum Gasteiger partial charge on any atom is -0.360 e. The van der Waals surface area contributed by atoms with Gasteiger partial charge in [-0.3, -0.25) is 4.79 Å². The number of carbonyl (C=O) groups excluding carboxylic acids is 1. The second-order valence-electron chi connectivity index (χ2n) is 4.33. The molecule has 0 unspecified atom stereocenters. The number of carbonyl (C=O) groups is 1. The van der Waals surface area contributed by atoms with Gasteiger partial charge in [0.2, 0.25) is 0 Å². The average Bonchev–Trinajstić information content (AvgIpc) is 2.43. The first-order chi connectivity index (χ1) is 9.56. The van der Waals surface area contributed by atoms with Gasteiger partial charge in [0.25, 0.3) is 0 Å². The van der Waals surface area contributed by atoms with Crippen LogP contribution < -0.4 is 5.32 Å². The highest BCUT2D eigenvalue weighted by Gasteiger charge is 2.01. The summed E-state index contributed by atoms with van der Waals surface area (Å²) in [5.74, 6) is -0.0991. The number of halogens is 2. The minimum absolute atomic E-state index is 0.0991. The number of nitrogens with one attached hydrogen (secondary N) is 1. The summed E-state index contributed by atoms with van der Waals surface area (Å²) < 4.78 is 0. The van der Waals surface area contributed by atoms with Gasteiger partial charge in [0.1, 0.15) is 0 Å². The summed E-state index contributed by atoms with van der Waals surface area (Å²) >= 11 is 11.8. The van der Waals surface area contributed by atoms with E-state index in [2.05, 4.69) is 5.32 Å². The maximum Gasteiger partial charge on any atom is 0.187 e. The smallest absolute Gasteiger partial charge is 0.187 e. The van der Waals surface area contributed by atoms with Gasteiger partial charge >= 0.3 is 0 Å². The molecule has 0 atom stereocenters. The molecule has 0 bridgehead atoms. The lowest BCUT2D eigenvalue weighted by Crippen LogP contribution is -1.96. The van der Waals surface area contributed by atoms with E-state index in [0.717, 1.165) is 11.3 Å². The summed E-state index contributed by atoms with van der Waals surface area (Å²) in [5, 5.41) is 4.22. The van der Waals surface area contributed by atoms with Crippen molar-refractivity contribution in [3.05, 3.63) is 75.9 Å². The lowest BCUT2D eigenvalue weighted by atomic mass is 10.1.